The van der Waals surface area contributed by atoms with Gasteiger partial charge in [-0.05, 0) is 125 Å². The van der Waals surface area contributed by atoms with Crippen LogP contribution in [0.25, 0.3) is 0 Å². The van der Waals surface area contributed by atoms with Gasteiger partial charge in [-0.2, -0.15) is 0 Å². The van der Waals surface area contributed by atoms with E-state index < -0.39 is 6.04 Å². The van der Waals surface area contributed by atoms with Crippen LogP contribution in [0.2, 0.25) is 0 Å². The number of nitrogens with one attached hydrogen (secondary N) is 1. The number of rotatable bonds is 13. The molecule has 3 fully saturated rings. The van der Waals surface area contributed by atoms with Gasteiger partial charge in [0.1, 0.15) is 12.1 Å². The molecule has 3 atom stereocenters. The van der Waals surface area contributed by atoms with Crippen molar-refractivity contribution in [3.63, 3.8) is 0 Å². The molecule has 1 saturated heterocycles. The normalized spacial score (nSPS) is 16.6. The second kappa shape index (κ2) is 37.5. The molecule has 0 spiro atoms. The van der Waals surface area contributed by atoms with E-state index in [2.05, 4.69) is 5.32 Å². The third kappa shape index (κ3) is 29.3. The van der Waals surface area contributed by atoms with Crippen LogP contribution >= 0.6 is 0 Å². The summed E-state index contributed by atoms with van der Waals surface area (Å²) in [5, 5.41) is 3.07. The van der Waals surface area contributed by atoms with Gasteiger partial charge < -0.3 is 39.5 Å². The Balaban J connectivity index is 0. The van der Waals surface area contributed by atoms with Crippen molar-refractivity contribution >= 4 is 35.8 Å². The Morgan fingerprint density at radius 1 is 0.597 bits per heavy atom. The Hall–Kier alpha value is -4.04. The fourth-order valence-electron chi connectivity index (χ4n) is 6.01. The maximum absolute atomic E-state index is 11.2. The number of carbonyl (C=O) groups is 6. The monoisotopic (exact) mass is 881 g/mol. The first-order valence-corrected chi connectivity index (χ1v) is 23.0. The minimum Gasteiger partial charge on any atom is -0.466 e. The molecule has 0 unspecified atom stereocenters. The summed E-state index contributed by atoms with van der Waals surface area (Å²) in [5.74, 6) is -0.107. The van der Waals surface area contributed by atoms with Gasteiger partial charge >= 0.3 is 35.8 Å². The molecule has 0 amide bonds. The topological polar surface area (TPSA) is 196 Å². The Kier molecular flexibility index (Phi) is 36.3. The van der Waals surface area contributed by atoms with Gasteiger partial charge in [0.2, 0.25) is 0 Å². The van der Waals surface area contributed by atoms with Crippen LogP contribution in [-0.2, 0) is 52.4 Å². The van der Waals surface area contributed by atoms with Crippen molar-refractivity contribution < 1.29 is 57.2 Å². The lowest BCUT2D eigenvalue weighted by molar-refractivity contribution is -0.152. The molecular formula is C48H84N2O12. The predicted molar refractivity (Wildman–Crippen MR) is 242 cm³/mol. The Bertz CT molecular complexity index is 1290. The van der Waals surface area contributed by atoms with E-state index in [4.69, 9.17) is 34.2 Å². The van der Waals surface area contributed by atoms with Crippen LogP contribution in [0.4, 0.5) is 0 Å². The summed E-state index contributed by atoms with van der Waals surface area (Å²) in [7, 11) is 0. The molecule has 3 N–H and O–H groups in total. The zero-order valence-electron chi connectivity index (χ0n) is 40.2. The van der Waals surface area contributed by atoms with Crippen molar-refractivity contribution in [2.45, 2.75) is 165 Å². The summed E-state index contributed by atoms with van der Waals surface area (Å²) in [6.45, 7) is 24.2. The van der Waals surface area contributed by atoms with Gasteiger partial charge in [-0.25, -0.2) is 4.79 Å². The van der Waals surface area contributed by atoms with E-state index in [1.54, 1.807) is 26.0 Å². The molecule has 1 aromatic carbocycles. The number of hydrogen-bond donors (Lipinski definition) is 2. The Labute approximate surface area is 373 Å². The van der Waals surface area contributed by atoms with Crippen LogP contribution in [0.5, 0.6) is 0 Å². The number of esters is 6. The first-order chi connectivity index (χ1) is 29.5. The SMILES string of the molecule is CCOC(=O)C(C)(C)C.CCOC(=O)C1CCCC1.CCOC(=O)C1CCCCC1.CCOC(=O)[C@@H](N)[C@@H](C)CC.CCOC(=O)[C@H]1CCCN1.CCOC(=O)c1ccccc1. The highest BCUT2D eigenvalue weighted by atomic mass is 16.6. The zero-order chi connectivity index (χ0) is 47.3. The summed E-state index contributed by atoms with van der Waals surface area (Å²) in [4.78, 5) is 66.0. The average Bonchev–Trinajstić information content (AvgIpc) is 4.02. The fraction of sp³-hybridized carbons (Fsp3) is 0.750. The molecule has 4 rings (SSSR count). The van der Waals surface area contributed by atoms with Crippen molar-refractivity contribution in [3.8, 4) is 0 Å². The van der Waals surface area contributed by atoms with Crippen molar-refractivity contribution in [2.24, 2.45) is 28.9 Å². The summed E-state index contributed by atoms with van der Waals surface area (Å²) in [5.41, 5.74) is 5.84. The van der Waals surface area contributed by atoms with E-state index in [9.17, 15) is 28.8 Å². The third-order valence-corrected chi connectivity index (χ3v) is 9.82. The molecule has 2 aliphatic carbocycles. The van der Waals surface area contributed by atoms with Crippen LogP contribution < -0.4 is 11.1 Å². The van der Waals surface area contributed by atoms with E-state index in [1.165, 1.54) is 32.1 Å². The number of benzene rings is 1. The van der Waals surface area contributed by atoms with Crippen LogP contribution in [0.15, 0.2) is 30.3 Å². The van der Waals surface area contributed by atoms with Crippen LogP contribution in [0.1, 0.15) is 164 Å². The van der Waals surface area contributed by atoms with Gasteiger partial charge in [0.05, 0.1) is 62.5 Å². The van der Waals surface area contributed by atoms with Gasteiger partial charge in [-0.3, -0.25) is 24.0 Å². The molecule has 0 radical (unpaired) electrons. The van der Waals surface area contributed by atoms with Crippen molar-refractivity contribution in [1.82, 2.24) is 5.32 Å². The molecule has 14 nitrogen and oxygen atoms in total. The average molecular weight is 881 g/mol. The van der Waals surface area contributed by atoms with Gasteiger partial charge in [-0.15, -0.1) is 0 Å². The first-order valence-electron chi connectivity index (χ1n) is 23.0. The number of hydrogen-bond acceptors (Lipinski definition) is 14. The van der Waals surface area contributed by atoms with Crippen LogP contribution in [0, 0.1) is 23.2 Å². The van der Waals surface area contributed by atoms with Crippen molar-refractivity contribution in [2.75, 3.05) is 46.2 Å². The molecule has 1 aliphatic heterocycles. The number of nitrogens with two attached hydrogens (primary N) is 1. The first kappa shape index (κ1) is 60.0. The maximum Gasteiger partial charge on any atom is 0.338 e. The second-order valence-corrected chi connectivity index (χ2v) is 15.9. The van der Waals surface area contributed by atoms with Gasteiger partial charge in [-0.1, -0.05) is 70.6 Å². The Morgan fingerprint density at radius 3 is 1.40 bits per heavy atom. The summed E-state index contributed by atoms with van der Waals surface area (Å²) in [6.07, 6.45) is 13.2. The quantitative estimate of drug-likeness (QED) is 0.141. The van der Waals surface area contributed by atoms with Gasteiger partial charge in [0.25, 0.3) is 0 Å². The highest BCUT2D eigenvalue weighted by Crippen LogP contribution is 2.26. The van der Waals surface area contributed by atoms with E-state index in [0.29, 0.717) is 45.2 Å². The minimum absolute atomic E-state index is 0.0139. The summed E-state index contributed by atoms with van der Waals surface area (Å²) in [6, 6.07) is 8.47. The Morgan fingerprint density at radius 2 is 1.03 bits per heavy atom. The summed E-state index contributed by atoms with van der Waals surface area (Å²) >= 11 is 0. The van der Waals surface area contributed by atoms with Gasteiger partial charge in [0, 0.05) is 0 Å². The highest BCUT2D eigenvalue weighted by molar-refractivity contribution is 5.89. The molecule has 2 saturated carbocycles. The number of carbonyl (C=O) groups excluding carboxylic acids is 6. The lowest BCUT2D eigenvalue weighted by Gasteiger charge is -2.19. The smallest absolute Gasteiger partial charge is 0.338 e. The molecule has 1 aromatic rings. The van der Waals surface area contributed by atoms with Crippen LogP contribution in [0.3, 0.4) is 0 Å². The molecule has 3 aliphatic rings. The summed E-state index contributed by atoms with van der Waals surface area (Å²) < 4.78 is 29.0. The third-order valence-electron chi connectivity index (χ3n) is 9.82. The molecule has 0 bridgehead atoms. The van der Waals surface area contributed by atoms with E-state index in [-0.39, 0.29) is 65.0 Å². The molecule has 1 heterocycles. The molecular weight excluding hydrogens is 797 g/mol. The van der Waals surface area contributed by atoms with Crippen LogP contribution in [-0.4, -0.2) is 94.1 Å². The van der Waals surface area contributed by atoms with Gasteiger partial charge in [0.15, 0.2) is 0 Å². The fourth-order valence-corrected chi connectivity index (χ4v) is 6.01. The lowest BCUT2D eigenvalue weighted by atomic mass is 9.89. The molecule has 0 aromatic heterocycles. The predicted octanol–water partition coefficient (Wildman–Crippen LogP) is 8.55. The molecule has 358 valence electrons. The van der Waals surface area contributed by atoms with E-state index >= 15 is 0 Å². The van der Waals surface area contributed by atoms with E-state index in [1.807, 2.05) is 80.5 Å². The number of ether oxygens (including phenoxy) is 6. The van der Waals surface area contributed by atoms with Crippen molar-refractivity contribution in [1.29, 1.82) is 0 Å². The lowest BCUT2D eigenvalue weighted by Crippen LogP contribution is -2.37. The largest absolute Gasteiger partial charge is 0.466 e. The molecule has 14 heteroatoms. The van der Waals surface area contributed by atoms with E-state index in [0.717, 1.165) is 51.5 Å². The standard InChI is InChI=1S/C9H16O2.C9H10O2.C8H17NO2.C8H14O2.C7H13NO2.C7H14O2/c2*1-2-11-9(10)8-6-4-3-5-7-8;1-4-6(3)7(9)8(10)11-5-2;1-2-10-8(9)7-5-3-4-6-7;1-2-10-7(9)6-4-3-5-8-6;1-5-9-6(8)7(2,3)4/h8H,2-7H2,1H3;3-7H,2H2,1H3;6-7H,4-5,9H2,1-3H3;7H,2-6H2,1H3;6,8H,2-5H2,1H3;5H2,1-4H3/t;;6-,7-;;6-;/m..0.1./s1. The zero-order valence-corrected chi connectivity index (χ0v) is 40.2. The maximum atomic E-state index is 11.2. The highest BCUT2D eigenvalue weighted by Gasteiger charge is 2.25. The molecule has 62 heavy (non-hydrogen) atoms. The van der Waals surface area contributed by atoms with Crippen molar-refractivity contribution in [3.05, 3.63) is 35.9 Å². The minimum atomic E-state index is -0.458. The second-order valence-electron chi connectivity index (χ2n) is 15.9.